The first-order chi connectivity index (χ1) is 18.8. The molecular formula is C27H31FN8O3. The Hall–Kier alpha value is -3.87. The number of fused-ring (bicyclic) bond motifs is 1. The Morgan fingerprint density at radius 1 is 1.23 bits per heavy atom. The minimum atomic E-state index is -1.39. The predicted octanol–water partition coefficient (Wildman–Crippen LogP) is 1.21. The first-order valence-electron chi connectivity index (χ1n) is 13.1. The third kappa shape index (κ3) is 5.10. The molecule has 1 aliphatic heterocycles. The van der Waals surface area contributed by atoms with Gasteiger partial charge in [0.2, 0.25) is 5.91 Å². The number of nitrogens with zero attached hydrogens (tertiary/aromatic N) is 7. The van der Waals surface area contributed by atoms with Crippen LogP contribution in [0.4, 0.5) is 10.2 Å². The molecular weight excluding hydrogens is 503 g/mol. The van der Waals surface area contributed by atoms with Crippen molar-refractivity contribution < 1.29 is 19.4 Å². The number of primary amides is 1. The van der Waals surface area contributed by atoms with E-state index in [-0.39, 0.29) is 37.9 Å². The molecule has 204 valence electrons. The number of nitrogens with two attached hydrogens (primary N) is 1. The van der Waals surface area contributed by atoms with Gasteiger partial charge in [-0.3, -0.25) is 9.69 Å². The standard InChI is InChI=1S/C27H31FN8O3/c28-22-12-20(36-9-1-8-32-36)3-2-18(22)13-35(19-4-5-19)26-21-6-10-34(25(21)30-17-31-26)16-27(39)7-11-33(14-23(27)37)15-24(29)38/h1-3,6,8-10,12,17,19,23,37,39H,4-5,7,11,13-16H2,(H2,29,38). The van der Waals surface area contributed by atoms with Gasteiger partial charge >= 0.3 is 0 Å². The number of anilines is 1. The fourth-order valence-corrected chi connectivity index (χ4v) is 5.39. The molecule has 1 aliphatic carbocycles. The zero-order valence-electron chi connectivity index (χ0n) is 21.4. The Morgan fingerprint density at radius 3 is 2.77 bits per heavy atom. The van der Waals surface area contributed by atoms with E-state index in [1.807, 2.05) is 22.9 Å². The Bertz CT molecular complexity index is 1490. The van der Waals surface area contributed by atoms with Crippen molar-refractivity contribution in [1.29, 1.82) is 0 Å². The van der Waals surface area contributed by atoms with E-state index in [0.29, 0.717) is 35.8 Å². The summed E-state index contributed by atoms with van der Waals surface area (Å²) in [5.41, 5.74) is 5.74. The molecule has 2 fully saturated rings. The molecule has 3 aromatic heterocycles. The van der Waals surface area contributed by atoms with Crippen LogP contribution in [0.15, 0.2) is 55.2 Å². The second-order valence-electron chi connectivity index (χ2n) is 10.5. The minimum Gasteiger partial charge on any atom is -0.389 e. The molecule has 11 nitrogen and oxygen atoms in total. The van der Waals surface area contributed by atoms with Gasteiger partial charge in [0, 0.05) is 49.8 Å². The van der Waals surface area contributed by atoms with Crippen LogP contribution in [-0.4, -0.2) is 82.7 Å². The first-order valence-corrected chi connectivity index (χ1v) is 13.1. The number of likely N-dealkylation sites (tertiary alicyclic amines) is 1. The van der Waals surface area contributed by atoms with Crippen molar-refractivity contribution >= 4 is 22.8 Å². The molecule has 4 N–H and O–H groups in total. The van der Waals surface area contributed by atoms with E-state index >= 15 is 4.39 Å². The van der Waals surface area contributed by atoms with Gasteiger partial charge < -0.3 is 25.4 Å². The van der Waals surface area contributed by atoms with Crippen molar-refractivity contribution in [2.45, 2.75) is 50.1 Å². The molecule has 6 rings (SSSR count). The topological polar surface area (TPSA) is 139 Å². The Kier molecular flexibility index (Phi) is 6.53. The molecule has 0 spiro atoms. The third-order valence-corrected chi connectivity index (χ3v) is 7.68. The number of β-amino-alcohol motifs (C(OH)–C–C–N with tert-alkyl or cyclic N) is 1. The van der Waals surface area contributed by atoms with E-state index < -0.39 is 17.6 Å². The highest BCUT2D eigenvalue weighted by molar-refractivity contribution is 5.88. The molecule has 0 radical (unpaired) electrons. The molecule has 0 bridgehead atoms. The lowest BCUT2D eigenvalue weighted by Gasteiger charge is -2.42. The quantitative estimate of drug-likeness (QED) is 0.291. The lowest BCUT2D eigenvalue weighted by molar-refractivity contribution is -0.135. The van der Waals surface area contributed by atoms with Crippen LogP contribution >= 0.6 is 0 Å². The summed E-state index contributed by atoms with van der Waals surface area (Å²) >= 11 is 0. The smallest absolute Gasteiger partial charge is 0.231 e. The highest BCUT2D eigenvalue weighted by atomic mass is 19.1. The number of hydrogen-bond donors (Lipinski definition) is 3. The van der Waals surface area contributed by atoms with Crippen molar-refractivity contribution in [2.75, 3.05) is 24.5 Å². The Morgan fingerprint density at radius 2 is 2.08 bits per heavy atom. The van der Waals surface area contributed by atoms with Gasteiger partial charge in [-0.25, -0.2) is 19.0 Å². The maximum absolute atomic E-state index is 15.2. The van der Waals surface area contributed by atoms with Crippen LogP contribution < -0.4 is 10.6 Å². The second kappa shape index (κ2) is 10.0. The summed E-state index contributed by atoms with van der Waals surface area (Å²) in [6, 6.07) is 9.06. The average Bonchev–Trinajstić information content (AvgIpc) is 3.43. The SMILES string of the molecule is NC(=O)CN1CCC(O)(Cn2ccc3c(N(Cc4ccc(-n5cccn5)cc4F)C4CC4)ncnc32)C(O)C1. The Labute approximate surface area is 224 Å². The highest BCUT2D eigenvalue weighted by Crippen LogP contribution is 2.36. The molecule has 4 heterocycles. The summed E-state index contributed by atoms with van der Waals surface area (Å²) in [7, 11) is 0. The van der Waals surface area contributed by atoms with Crippen LogP contribution in [0.1, 0.15) is 24.8 Å². The summed E-state index contributed by atoms with van der Waals surface area (Å²) < 4.78 is 18.6. The monoisotopic (exact) mass is 534 g/mol. The number of hydrogen-bond acceptors (Lipinski definition) is 8. The second-order valence-corrected chi connectivity index (χ2v) is 10.5. The van der Waals surface area contributed by atoms with E-state index in [4.69, 9.17) is 5.73 Å². The van der Waals surface area contributed by atoms with Crippen LogP contribution in [0.5, 0.6) is 0 Å². The number of aromatic nitrogens is 5. The fraction of sp³-hybridized carbons (Fsp3) is 0.407. The Balaban J connectivity index is 1.25. The third-order valence-electron chi connectivity index (χ3n) is 7.68. The van der Waals surface area contributed by atoms with Gasteiger partial charge in [-0.2, -0.15) is 5.10 Å². The van der Waals surface area contributed by atoms with E-state index in [1.54, 1.807) is 34.1 Å². The first kappa shape index (κ1) is 25.4. The summed E-state index contributed by atoms with van der Waals surface area (Å²) in [5.74, 6) is -0.0711. The molecule has 39 heavy (non-hydrogen) atoms. The lowest BCUT2D eigenvalue weighted by atomic mass is 9.88. The van der Waals surface area contributed by atoms with Gasteiger partial charge in [0.05, 0.1) is 30.3 Å². The molecule has 1 amide bonds. The van der Waals surface area contributed by atoms with Gasteiger partial charge in [0.15, 0.2) is 0 Å². The molecule has 4 aromatic rings. The summed E-state index contributed by atoms with van der Waals surface area (Å²) in [6.07, 6.45) is 7.94. The van der Waals surface area contributed by atoms with E-state index in [2.05, 4.69) is 20.0 Å². The van der Waals surface area contributed by atoms with Crippen molar-refractivity contribution in [1.82, 2.24) is 29.2 Å². The number of amides is 1. The number of carbonyl (C=O) groups is 1. The van der Waals surface area contributed by atoms with Crippen LogP contribution in [0.3, 0.4) is 0 Å². The van der Waals surface area contributed by atoms with Crippen molar-refractivity contribution in [3.8, 4) is 5.69 Å². The molecule has 2 atom stereocenters. The largest absolute Gasteiger partial charge is 0.389 e. The summed E-state index contributed by atoms with van der Waals surface area (Å²) in [4.78, 5) is 24.2. The van der Waals surface area contributed by atoms with Gasteiger partial charge in [0.25, 0.3) is 0 Å². The molecule has 2 unspecified atom stereocenters. The summed E-state index contributed by atoms with van der Waals surface area (Å²) in [5, 5.41) is 27.0. The number of rotatable bonds is 9. The van der Waals surface area contributed by atoms with Gasteiger partial charge in [-0.1, -0.05) is 6.07 Å². The number of piperidine rings is 1. The van der Waals surface area contributed by atoms with Crippen molar-refractivity contribution in [2.24, 2.45) is 5.73 Å². The lowest BCUT2D eigenvalue weighted by Crippen LogP contribution is -2.58. The van der Waals surface area contributed by atoms with Crippen molar-refractivity contribution in [3.05, 3.63) is 66.6 Å². The number of carbonyl (C=O) groups excluding carboxylic acids is 1. The molecule has 1 saturated heterocycles. The highest BCUT2D eigenvalue weighted by Gasteiger charge is 2.41. The zero-order valence-corrected chi connectivity index (χ0v) is 21.4. The molecule has 2 aliphatic rings. The zero-order chi connectivity index (χ0) is 27.1. The predicted molar refractivity (Wildman–Crippen MR) is 141 cm³/mol. The average molecular weight is 535 g/mol. The van der Waals surface area contributed by atoms with Crippen LogP contribution in [0.2, 0.25) is 0 Å². The fourth-order valence-electron chi connectivity index (χ4n) is 5.39. The molecule has 1 saturated carbocycles. The van der Waals surface area contributed by atoms with Gasteiger partial charge in [0.1, 0.15) is 29.2 Å². The molecule has 1 aromatic carbocycles. The van der Waals surface area contributed by atoms with Crippen LogP contribution in [0, 0.1) is 5.82 Å². The van der Waals surface area contributed by atoms with E-state index in [0.717, 1.165) is 18.2 Å². The van der Waals surface area contributed by atoms with Gasteiger partial charge in [-0.05, 0) is 43.5 Å². The number of aliphatic hydroxyl groups is 2. The number of aliphatic hydroxyl groups excluding tert-OH is 1. The molecule has 12 heteroatoms. The van der Waals surface area contributed by atoms with Crippen molar-refractivity contribution in [3.63, 3.8) is 0 Å². The maximum Gasteiger partial charge on any atom is 0.231 e. The van der Waals surface area contributed by atoms with E-state index in [9.17, 15) is 15.0 Å². The summed E-state index contributed by atoms with van der Waals surface area (Å²) in [6.45, 7) is 1.12. The normalized spacial score (nSPS) is 21.9. The van der Waals surface area contributed by atoms with Crippen LogP contribution in [-0.2, 0) is 17.9 Å². The van der Waals surface area contributed by atoms with E-state index in [1.165, 1.54) is 12.4 Å². The number of benzene rings is 1. The van der Waals surface area contributed by atoms with Crippen LogP contribution in [0.25, 0.3) is 16.7 Å². The minimum absolute atomic E-state index is 0.0414. The van der Waals surface area contributed by atoms with Gasteiger partial charge in [-0.15, -0.1) is 0 Å². The maximum atomic E-state index is 15.2. The number of halogens is 1.